The Hall–Kier alpha value is -2.19. The number of hydrogen-bond donors (Lipinski definition) is 0. The number of benzene rings is 1. The van der Waals surface area contributed by atoms with Gasteiger partial charge < -0.3 is 0 Å². The molecule has 0 saturated carbocycles. The number of rotatable bonds is 1. The van der Waals surface area contributed by atoms with Crippen LogP contribution in [-0.4, -0.2) is 14.6 Å². The van der Waals surface area contributed by atoms with Gasteiger partial charge in [0.15, 0.2) is 5.65 Å². The van der Waals surface area contributed by atoms with E-state index in [1.54, 1.807) is 10.7 Å². The number of nitrogens with zero attached hydrogens (tertiary/aromatic N) is 4. The summed E-state index contributed by atoms with van der Waals surface area (Å²) in [5.41, 5.74) is 3.91. The highest BCUT2D eigenvalue weighted by Gasteiger charge is 2.11. The topological polar surface area (TPSA) is 54.0 Å². The molecule has 0 unspecified atom stereocenters. The van der Waals surface area contributed by atoms with Crippen LogP contribution < -0.4 is 0 Å². The normalized spacial score (nSPS) is 10.6. The van der Waals surface area contributed by atoms with Gasteiger partial charge in [-0.2, -0.15) is 10.4 Å². The van der Waals surface area contributed by atoms with Crippen LogP contribution in [0.2, 0.25) is 0 Å². The van der Waals surface area contributed by atoms with Crippen molar-refractivity contribution in [2.75, 3.05) is 0 Å². The van der Waals surface area contributed by atoms with Gasteiger partial charge in [0.2, 0.25) is 0 Å². The second-order valence-corrected chi connectivity index (χ2v) is 5.11. The first-order chi connectivity index (χ1) is 9.19. The molecule has 3 aromatic rings. The minimum Gasteiger partial charge on any atom is -0.233 e. The van der Waals surface area contributed by atoms with Crippen molar-refractivity contribution in [2.45, 2.75) is 6.92 Å². The predicted octanol–water partition coefficient (Wildman–Crippen LogP) is 3.34. The summed E-state index contributed by atoms with van der Waals surface area (Å²) in [4.78, 5) is 4.38. The van der Waals surface area contributed by atoms with Crippen LogP contribution in [-0.2, 0) is 0 Å². The van der Waals surface area contributed by atoms with Gasteiger partial charge in [-0.1, -0.05) is 28.1 Å². The highest BCUT2D eigenvalue weighted by Crippen LogP contribution is 2.23. The average molecular weight is 313 g/mol. The van der Waals surface area contributed by atoms with Gasteiger partial charge in [-0.15, -0.1) is 0 Å². The Labute approximate surface area is 118 Å². The quantitative estimate of drug-likeness (QED) is 0.692. The van der Waals surface area contributed by atoms with Crippen LogP contribution in [0.4, 0.5) is 0 Å². The zero-order valence-corrected chi connectivity index (χ0v) is 11.7. The second kappa shape index (κ2) is 4.48. The molecule has 0 aliphatic carbocycles. The van der Waals surface area contributed by atoms with E-state index in [1.165, 1.54) is 0 Å². The van der Waals surface area contributed by atoms with Crippen molar-refractivity contribution in [3.8, 4) is 17.3 Å². The number of fused-ring (bicyclic) bond motifs is 1. The second-order valence-electron chi connectivity index (χ2n) is 4.20. The minimum absolute atomic E-state index is 0.488. The summed E-state index contributed by atoms with van der Waals surface area (Å²) < 4.78 is 2.73. The molecular formula is C14H9BrN4. The molecule has 3 rings (SSSR count). The first-order valence-electron chi connectivity index (χ1n) is 5.70. The number of hydrogen-bond acceptors (Lipinski definition) is 3. The highest BCUT2D eigenvalue weighted by atomic mass is 79.9. The number of halogens is 1. The van der Waals surface area contributed by atoms with E-state index in [4.69, 9.17) is 5.26 Å². The maximum Gasteiger partial charge on any atom is 0.173 e. The molecule has 0 radical (unpaired) electrons. The number of aromatic nitrogens is 3. The van der Waals surface area contributed by atoms with Crippen LogP contribution in [0.25, 0.3) is 16.9 Å². The zero-order chi connectivity index (χ0) is 13.4. The smallest absolute Gasteiger partial charge is 0.173 e. The van der Waals surface area contributed by atoms with Crippen molar-refractivity contribution >= 4 is 21.6 Å². The van der Waals surface area contributed by atoms with Crippen molar-refractivity contribution in [3.63, 3.8) is 0 Å². The maximum absolute atomic E-state index is 9.06. The van der Waals surface area contributed by atoms with E-state index < -0.39 is 0 Å². The predicted molar refractivity (Wildman–Crippen MR) is 75.6 cm³/mol. The third kappa shape index (κ3) is 2.00. The van der Waals surface area contributed by atoms with Gasteiger partial charge >= 0.3 is 0 Å². The van der Waals surface area contributed by atoms with Gasteiger partial charge in [-0.25, -0.2) is 9.50 Å². The molecule has 4 nitrogen and oxygen atoms in total. The van der Waals surface area contributed by atoms with Gasteiger partial charge in [0.05, 0.1) is 11.9 Å². The Morgan fingerprint density at radius 1 is 1.26 bits per heavy atom. The zero-order valence-electron chi connectivity index (χ0n) is 10.1. The minimum atomic E-state index is 0.488. The van der Waals surface area contributed by atoms with Gasteiger partial charge in [0.1, 0.15) is 11.6 Å². The molecule has 1 aromatic carbocycles. The maximum atomic E-state index is 9.06. The molecule has 0 N–H and O–H groups in total. The third-order valence-electron chi connectivity index (χ3n) is 2.86. The lowest BCUT2D eigenvalue weighted by Crippen LogP contribution is -1.98. The van der Waals surface area contributed by atoms with Gasteiger partial charge in [0.25, 0.3) is 0 Å². The largest absolute Gasteiger partial charge is 0.233 e. The fourth-order valence-corrected chi connectivity index (χ4v) is 2.25. The summed E-state index contributed by atoms with van der Waals surface area (Å²) in [6.45, 7) is 1.91. The molecule has 2 heterocycles. The summed E-state index contributed by atoms with van der Waals surface area (Å²) in [7, 11) is 0. The molecule has 92 valence electrons. The van der Waals surface area contributed by atoms with Gasteiger partial charge in [-0.3, -0.25) is 0 Å². The molecular weight excluding hydrogens is 304 g/mol. The molecule has 0 atom stereocenters. The molecule has 19 heavy (non-hydrogen) atoms. The van der Waals surface area contributed by atoms with Crippen LogP contribution >= 0.6 is 15.9 Å². The standard InChI is InChI=1S/C14H9BrN4/c1-9-6-13(10-2-4-12(15)5-3-10)19-14(18-9)11(7-16)8-17-19/h2-6,8H,1H3. The average Bonchev–Trinajstić information content (AvgIpc) is 2.81. The molecule has 0 saturated heterocycles. The number of aryl methyl sites for hydroxylation is 1. The van der Waals surface area contributed by atoms with E-state index in [-0.39, 0.29) is 0 Å². The Balaban J connectivity index is 2.32. The molecule has 0 fully saturated rings. The fraction of sp³-hybridized carbons (Fsp3) is 0.0714. The Morgan fingerprint density at radius 3 is 2.68 bits per heavy atom. The summed E-state index contributed by atoms with van der Waals surface area (Å²) in [5, 5.41) is 13.3. The van der Waals surface area contributed by atoms with E-state index in [2.05, 4.69) is 32.1 Å². The molecule has 0 spiro atoms. The van der Waals surface area contributed by atoms with Crippen LogP contribution in [0.5, 0.6) is 0 Å². The monoisotopic (exact) mass is 312 g/mol. The van der Waals surface area contributed by atoms with Crippen molar-refractivity contribution in [1.82, 2.24) is 14.6 Å². The summed E-state index contributed by atoms with van der Waals surface area (Å²) >= 11 is 3.42. The molecule has 2 aromatic heterocycles. The summed E-state index contributed by atoms with van der Waals surface area (Å²) in [6.07, 6.45) is 1.55. The van der Waals surface area contributed by atoms with Crippen LogP contribution in [0.3, 0.4) is 0 Å². The van der Waals surface area contributed by atoms with E-state index in [9.17, 15) is 0 Å². The van der Waals surface area contributed by atoms with E-state index >= 15 is 0 Å². The van der Waals surface area contributed by atoms with Crippen molar-refractivity contribution in [2.24, 2.45) is 0 Å². The molecule has 0 aliphatic heterocycles. The fourth-order valence-electron chi connectivity index (χ4n) is 1.99. The molecule has 0 amide bonds. The van der Waals surface area contributed by atoms with Crippen molar-refractivity contribution in [1.29, 1.82) is 5.26 Å². The summed E-state index contributed by atoms with van der Waals surface area (Å²) in [5.74, 6) is 0. The Bertz CT molecular complexity index is 797. The summed E-state index contributed by atoms with van der Waals surface area (Å²) in [6, 6.07) is 12.0. The Morgan fingerprint density at radius 2 is 2.00 bits per heavy atom. The molecule has 5 heteroatoms. The van der Waals surface area contributed by atoms with E-state index in [0.29, 0.717) is 11.2 Å². The van der Waals surface area contributed by atoms with Crippen LogP contribution in [0.15, 0.2) is 41.0 Å². The van der Waals surface area contributed by atoms with Crippen LogP contribution in [0.1, 0.15) is 11.3 Å². The Kier molecular flexibility index (Phi) is 2.80. The van der Waals surface area contributed by atoms with E-state index in [1.807, 2.05) is 37.3 Å². The first-order valence-corrected chi connectivity index (χ1v) is 6.50. The lowest BCUT2D eigenvalue weighted by atomic mass is 10.1. The SMILES string of the molecule is Cc1cc(-c2ccc(Br)cc2)n2ncc(C#N)c2n1. The highest BCUT2D eigenvalue weighted by molar-refractivity contribution is 9.10. The number of nitriles is 1. The van der Waals surface area contributed by atoms with Gasteiger partial charge in [-0.05, 0) is 25.1 Å². The molecule has 0 aliphatic rings. The van der Waals surface area contributed by atoms with Crippen molar-refractivity contribution < 1.29 is 0 Å². The lowest BCUT2D eigenvalue weighted by molar-refractivity contribution is 0.938. The lowest BCUT2D eigenvalue weighted by Gasteiger charge is -2.06. The molecule has 0 bridgehead atoms. The van der Waals surface area contributed by atoms with Crippen molar-refractivity contribution in [3.05, 3.63) is 52.3 Å². The first kappa shape index (κ1) is 11.9. The van der Waals surface area contributed by atoms with Gasteiger partial charge in [0, 0.05) is 15.7 Å². The third-order valence-corrected chi connectivity index (χ3v) is 3.39. The van der Waals surface area contributed by atoms with E-state index in [0.717, 1.165) is 21.4 Å². The van der Waals surface area contributed by atoms with Crippen LogP contribution in [0, 0.1) is 18.3 Å².